The molecular weight excluding hydrogens is 412 g/mol. The summed E-state index contributed by atoms with van der Waals surface area (Å²) in [5.74, 6) is -1.23. The third-order valence-corrected chi connectivity index (χ3v) is 4.64. The van der Waals surface area contributed by atoms with Gasteiger partial charge in [-0.05, 0) is 37.3 Å². The van der Waals surface area contributed by atoms with Crippen molar-refractivity contribution >= 4 is 16.9 Å². The minimum absolute atomic E-state index is 0. The van der Waals surface area contributed by atoms with Crippen LogP contribution in [0.1, 0.15) is 16.1 Å². The number of rotatable bonds is 6. The summed E-state index contributed by atoms with van der Waals surface area (Å²) in [5.41, 5.74) is 2.78. The van der Waals surface area contributed by atoms with Gasteiger partial charge >= 0.3 is 51.4 Å². The van der Waals surface area contributed by atoms with E-state index in [9.17, 15) is 14.3 Å². The van der Waals surface area contributed by atoms with Gasteiger partial charge in [0, 0.05) is 29.4 Å². The fourth-order valence-corrected chi connectivity index (χ4v) is 3.26. The van der Waals surface area contributed by atoms with Gasteiger partial charge in [-0.1, -0.05) is 17.7 Å². The van der Waals surface area contributed by atoms with E-state index in [1.54, 1.807) is 22.9 Å². The van der Waals surface area contributed by atoms with Crippen LogP contribution < -0.4 is 61.2 Å². The van der Waals surface area contributed by atoms with Crippen molar-refractivity contribution in [1.82, 2.24) is 14.5 Å². The minimum atomic E-state index is -1.30. The third kappa shape index (κ3) is 4.79. The van der Waals surface area contributed by atoms with E-state index in [0.717, 1.165) is 5.56 Å². The number of fused-ring (bicyclic) bond motifs is 1. The van der Waals surface area contributed by atoms with E-state index < -0.39 is 11.9 Å². The molecule has 30 heavy (non-hydrogen) atoms. The number of carbonyl (C=O) groups excluding carboxylic acids is 1. The Kier molecular flexibility index (Phi) is 7.38. The fourth-order valence-electron chi connectivity index (χ4n) is 3.26. The summed E-state index contributed by atoms with van der Waals surface area (Å²) >= 11 is 0. The van der Waals surface area contributed by atoms with Crippen molar-refractivity contribution in [2.75, 3.05) is 6.61 Å². The first-order valence-corrected chi connectivity index (χ1v) is 9.04. The molecule has 0 spiro atoms. The van der Waals surface area contributed by atoms with Crippen LogP contribution in [0.25, 0.3) is 22.2 Å². The van der Waals surface area contributed by atoms with Crippen LogP contribution in [0.5, 0.6) is 5.75 Å². The molecule has 1 aromatic carbocycles. The monoisotopic (exact) mass is 429 g/mol. The first-order valence-electron chi connectivity index (χ1n) is 9.04. The molecule has 0 aliphatic heterocycles. The molecule has 0 aliphatic carbocycles. The van der Waals surface area contributed by atoms with E-state index in [1.165, 1.54) is 18.3 Å². The summed E-state index contributed by atoms with van der Waals surface area (Å²) < 4.78 is 20.9. The Hall–Kier alpha value is -2.10. The van der Waals surface area contributed by atoms with Crippen molar-refractivity contribution in [2.24, 2.45) is 0 Å². The molecule has 3 aromatic heterocycles. The van der Waals surface area contributed by atoms with Crippen LogP contribution in [-0.2, 0) is 6.54 Å². The molecule has 0 unspecified atom stereocenters. The van der Waals surface area contributed by atoms with Crippen molar-refractivity contribution in [3.63, 3.8) is 0 Å². The number of carbonyl (C=O) groups is 1. The van der Waals surface area contributed by atoms with Gasteiger partial charge in [-0.3, -0.25) is 4.98 Å². The molecule has 0 amide bonds. The first-order chi connectivity index (χ1) is 14.0. The third-order valence-electron chi connectivity index (χ3n) is 4.64. The molecule has 3 heterocycles. The smallest absolute Gasteiger partial charge is 0.543 e. The van der Waals surface area contributed by atoms with Crippen molar-refractivity contribution in [3.05, 3.63) is 78.1 Å². The molecule has 8 heteroatoms. The number of carboxylic acids is 1. The number of pyridine rings is 2. The van der Waals surface area contributed by atoms with Crippen LogP contribution in [0, 0.1) is 12.9 Å². The molecule has 0 bridgehead atoms. The Bertz CT molecular complexity index is 1190. The number of hydrogen-bond acceptors (Lipinski definition) is 5. The van der Waals surface area contributed by atoms with E-state index in [1.807, 2.05) is 31.2 Å². The minimum Gasteiger partial charge on any atom is -0.543 e. The molecule has 0 saturated carbocycles. The summed E-state index contributed by atoms with van der Waals surface area (Å²) in [5, 5.41) is 12.3. The number of nitrogens with zero attached hydrogens (tertiary/aromatic N) is 3. The molecule has 0 radical (unpaired) electrons. The average Bonchev–Trinajstić information content (AvgIpc) is 3.08. The van der Waals surface area contributed by atoms with E-state index in [2.05, 4.69) is 9.97 Å². The number of aromatic nitrogens is 3. The van der Waals surface area contributed by atoms with Gasteiger partial charge in [-0.25, -0.2) is 4.98 Å². The molecule has 0 saturated heterocycles. The van der Waals surface area contributed by atoms with E-state index in [-0.39, 0.29) is 63.7 Å². The predicted molar refractivity (Wildman–Crippen MR) is 104 cm³/mol. The summed E-state index contributed by atoms with van der Waals surface area (Å²) in [6.45, 7) is 2.56. The second-order valence-corrected chi connectivity index (χ2v) is 6.59. The fraction of sp³-hybridized carbons (Fsp3) is 0.136. The quantitative estimate of drug-likeness (QED) is 0.318. The Labute approximate surface area is 215 Å². The molecule has 4 rings (SSSR count). The van der Waals surface area contributed by atoms with Crippen molar-refractivity contribution in [2.45, 2.75) is 13.5 Å². The number of aryl methyl sites for hydroxylation is 1. The molecule has 0 N–H and O–H groups in total. The number of halogens is 1. The number of hydrogen-bond donors (Lipinski definition) is 0. The van der Waals surface area contributed by atoms with Crippen LogP contribution in [0.4, 0.5) is 4.39 Å². The second-order valence-electron chi connectivity index (χ2n) is 6.59. The zero-order valence-corrected chi connectivity index (χ0v) is 19.8. The van der Waals surface area contributed by atoms with E-state index in [0.29, 0.717) is 34.5 Å². The summed E-state index contributed by atoms with van der Waals surface area (Å²) in [4.78, 5) is 19.6. The van der Waals surface area contributed by atoms with Crippen molar-refractivity contribution in [3.8, 4) is 17.0 Å². The van der Waals surface area contributed by atoms with Gasteiger partial charge in [0.15, 0.2) is 0 Å². The molecule has 0 atom stereocenters. The van der Waals surface area contributed by atoms with Crippen molar-refractivity contribution in [1.29, 1.82) is 0 Å². The SMILES string of the molecule is Cc1ccc(OCCn2c(C(=O)[O-])cc3c(-c4ccnc(F)c4)nccc32)cc1.[K+]. The maximum atomic E-state index is 13.6. The normalized spacial score (nSPS) is 10.6. The summed E-state index contributed by atoms with van der Waals surface area (Å²) in [6.07, 6.45) is 2.91. The zero-order chi connectivity index (χ0) is 20.4. The van der Waals surface area contributed by atoms with Gasteiger partial charge < -0.3 is 19.2 Å². The van der Waals surface area contributed by atoms with E-state index in [4.69, 9.17) is 4.74 Å². The van der Waals surface area contributed by atoms with E-state index >= 15 is 0 Å². The van der Waals surface area contributed by atoms with Gasteiger partial charge in [-0.2, -0.15) is 4.39 Å². The Morgan fingerprint density at radius 2 is 1.83 bits per heavy atom. The van der Waals surface area contributed by atoms with Crippen LogP contribution >= 0.6 is 0 Å². The molecule has 0 aliphatic rings. The molecule has 146 valence electrons. The van der Waals surface area contributed by atoms with Crippen LogP contribution in [0.2, 0.25) is 0 Å². The Morgan fingerprint density at radius 3 is 2.53 bits per heavy atom. The standard InChI is InChI=1S/C22H18FN3O3.K/c1-14-2-4-16(5-3-14)29-11-10-26-18-7-9-25-21(15-6-8-24-20(23)12-15)17(18)13-19(26)22(27)28;/h2-9,12-13H,10-11H2,1H3,(H,27,28);/q;+1/p-1. The van der Waals surface area contributed by atoms with Gasteiger partial charge in [-0.15, -0.1) is 0 Å². The zero-order valence-electron chi connectivity index (χ0n) is 16.6. The van der Waals surface area contributed by atoms with Crippen LogP contribution in [0.3, 0.4) is 0 Å². The number of carboxylic acid groups (broad SMARTS) is 1. The number of benzene rings is 1. The molecule has 0 fully saturated rings. The van der Waals surface area contributed by atoms with Crippen LogP contribution in [-0.4, -0.2) is 27.1 Å². The maximum Gasteiger partial charge on any atom is 1.00 e. The van der Waals surface area contributed by atoms with Gasteiger partial charge in [0.1, 0.15) is 12.4 Å². The topological polar surface area (TPSA) is 80.1 Å². The Balaban J connectivity index is 0.00000256. The van der Waals surface area contributed by atoms with Gasteiger partial charge in [0.25, 0.3) is 0 Å². The maximum absolute atomic E-state index is 13.6. The van der Waals surface area contributed by atoms with Gasteiger partial charge in [0.05, 0.1) is 29.4 Å². The average molecular weight is 429 g/mol. The summed E-state index contributed by atoms with van der Waals surface area (Å²) in [7, 11) is 0. The molecule has 4 aromatic rings. The summed E-state index contributed by atoms with van der Waals surface area (Å²) in [6, 6.07) is 13.7. The van der Waals surface area contributed by atoms with Crippen molar-refractivity contribution < 1.29 is 70.4 Å². The molecule has 6 nitrogen and oxygen atoms in total. The Morgan fingerprint density at radius 1 is 1.10 bits per heavy atom. The van der Waals surface area contributed by atoms with Gasteiger partial charge in [0.2, 0.25) is 5.95 Å². The molecular formula is C22H17FKN3O3. The second kappa shape index (κ2) is 9.80. The number of aromatic carboxylic acids is 1. The predicted octanol–water partition coefficient (Wildman–Crippen LogP) is -0.00768. The van der Waals surface area contributed by atoms with Crippen LogP contribution in [0.15, 0.2) is 60.9 Å². The first kappa shape index (κ1) is 22.6. The number of ether oxygens (including phenoxy) is 1. The largest absolute Gasteiger partial charge is 1.00 e.